The molecule has 1 heterocycles. The van der Waals surface area contributed by atoms with Gasteiger partial charge in [0, 0.05) is 5.92 Å². The van der Waals surface area contributed by atoms with E-state index in [9.17, 15) is 14.9 Å². The van der Waals surface area contributed by atoms with Crippen LogP contribution < -0.4 is 10.6 Å². The van der Waals surface area contributed by atoms with Gasteiger partial charge in [0.15, 0.2) is 0 Å². The minimum atomic E-state index is -0.677. The molecule has 0 aromatic rings. The zero-order valence-electron chi connectivity index (χ0n) is 11.6. The zero-order chi connectivity index (χ0) is 14.6. The van der Waals surface area contributed by atoms with E-state index >= 15 is 0 Å². The number of aliphatic imine (C=N–C) groups is 1. The molecule has 7 heteroatoms. The van der Waals surface area contributed by atoms with Crippen molar-refractivity contribution in [3.8, 4) is 0 Å². The van der Waals surface area contributed by atoms with Gasteiger partial charge in [-0.05, 0) is 29.7 Å². The van der Waals surface area contributed by atoms with Crippen LogP contribution in [0, 0.1) is 16.0 Å². The summed E-state index contributed by atoms with van der Waals surface area (Å²) in [6.45, 7) is 5.27. The maximum absolute atomic E-state index is 11.3. The highest BCUT2D eigenvalue weighted by molar-refractivity contribution is 6.39. The number of rotatable bonds is 5. The largest absolute Gasteiger partial charge is 0.368 e. The number of nitro groups is 1. The third-order valence-corrected chi connectivity index (χ3v) is 3.43. The van der Waals surface area contributed by atoms with Crippen molar-refractivity contribution in [3.63, 3.8) is 0 Å². The quantitative estimate of drug-likeness (QED) is 0.512. The Labute approximate surface area is 112 Å². The first-order valence-corrected chi connectivity index (χ1v) is 6.42. The fourth-order valence-corrected chi connectivity index (χ4v) is 2.07. The van der Waals surface area contributed by atoms with Crippen LogP contribution in [-0.2, 0) is 4.79 Å². The van der Waals surface area contributed by atoms with Gasteiger partial charge in [0.1, 0.15) is 6.54 Å². The van der Waals surface area contributed by atoms with Crippen LogP contribution in [0.2, 0.25) is 0 Å². The topological polar surface area (TPSA) is 103 Å². The maximum Gasteiger partial charge on any atom is 0.368 e. The van der Waals surface area contributed by atoms with Gasteiger partial charge in [0.25, 0.3) is 5.91 Å². The smallest absolute Gasteiger partial charge is 0.363 e. The highest BCUT2D eigenvalue weighted by Gasteiger charge is 2.31. The molecule has 0 saturated carbocycles. The number of nitrogens with two attached hydrogens (primary N) is 1. The Bertz CT molecular complexity index is 442. The number of primary amides is 1. The Morgan fingerprint density at radius 1 is 1.63 bits per heavy atom. The predicted molar refractivity (Wildman–Crippen MR) is 71.3 cm³/mol. The van der Waals surface area contributed by atoms with Crippen LogP contribution in [0.4, 0.5) is 0 Å². The second-order valence-corrected chi connectivity index (χ2v) is 4.97. The van der Waals surface area contributed by atoms with Crippen LogP contribution in [0.25, 0.3) is 0 Å². The van der Waals surface area contributed by atoms with E-state index in [1.807, 2.05) is 20.9 Å². The molecule has 0 bridgehead atoms. The Balaban J connectivity index is 3.19. The van der Waals surface area contributed by atoms with Gasteiger partial charge in [-0.25, -0.2) is 0 Å². The molecule has 2 unspecified atom stereocenters. The van der Waals surface area contributed by atoms with Gasteiger partial charge in [0.05, 0.1) is 19.2 Å². The molecule has 1 rings (SSSR count). The van der Waals surface area contributed by atoms with Crippen molar-refractivity contribution >= 4 is 11.6 Å². The number of nitrogens with one attached hydrogen (secondary N) is 1. The van der Waals surface area contributed by atoms with Gasteiger partial charge in [-0.3, -0.25) is 4.79 Å². The Hall–Kier alpha value is -1.76. The molecular weight excluding hydrogens is 248 g/mol. The van der Waals surface area contributed by atoms with E-state index in [4.69, 9.17) is 5.73 Å². The summed E-state index contributed by atoms with van der Waals surface area (Å²) in [5, 5.41) is 11.1. The molecule has 3 N–H and O–H groups in total. The van der Waals surface area contributed by atoms with Gasteiger partial charge in [-0.1, -0.05) is 6.92 Å². The lowest BCUT2D eigenvalue weighted by atomic mass is 9.97. The highest BCUT2D eigenvalue weighted by Crippen LogP contribution is 2.22. The first-order chi connectivity index (χ1) is 8.86. The molecule has 0 fully saturated rings. The summed E-state index contributed by atoms with van der Waals surface area (Å²) >= 11 is 0. The van der Waals surface area contributed by atoms with E-state index in [-0.39, 0.29) is 17.5 Å². The number of amides is 1. The van der Waals surface area contributed by atoms with Crippen molar-refractivity contribution in [2.24, 2.45) is 16.6 Å². The third-order valence-electron chi connectivity index (χ3n) is 3.43. The SMILES string of the molecule is CC[NH+](C)CC1=C([N+](=O)[O-])N=C(C(N)=O)C(C)CC1. The monoisotopic (exact) mass is 269 g/mol. The molecule has 0 aromatic carbocycles. The maximum atomic E-state index is 11.3. The molecule has 7 nitrogen and oxygen atoms in total. The average molecular weight is 269 g/mol. The van der Waals surface area contributed by atoms with Crippen LogP contribution in [0.1, 0.15) is 26.7 Å². The number of hydrogen-bond acceptors (Lipinski definition) is 4. The summed E-state index contributed by atoms with van der Waals surface area (Å²) in [6, 6.07) is 0. The summed E-state index contributed by atoms with van der Waals surface area (Å²) < 4.78 is 0. The zero-order valence-corrected chi connectivity index (χ0v) is 11.6. The summed E-state index contributed by atoms with van der Waals surface area (Å²) in [4.78, 5) is 27.0. The fraction of sp³-hybridized carbons (Fsp3) is 0.667. The summed E-state index contributed by atoms with van der Waals surface area (Å²) in [5.41, 5.74) is 6.04. The molecule has 19 heavy (non-hydrogen) atoms. The molecule has 1 aliphatic rings. The number of nitrogens with zero attached hydrogens (tertiary/aromatic N) is 2. The summed E-state index contributed by atoms with van der Waals surface area (Å²) in [6.07, 6.45) is 1.24. The molecule has 0 saturated heterocycles. The van der Waals surface area contributed by atoms with Gasteiger partial charge in [-0.15, -0.1) is 0 Å². The minimum absolute atomic E-state index is 0.107. The van der Waals surface area contributed by atoms with E-state index in [2.05, 4.69) is 4.99 Å². The fourth-order valence-electron chi connectivity index (χ4n) is 2.07. The molecule has 2 atom stereocenters. The van der Waals surface area contributed by atoms with E-state index in [1.54, 1.807) is 0 Å². The second kappa shape index (κ2) is 6.42. The number of likely N-dealkylation sites (N-methyl/N-ethyl adjacent to an activating group) is 1. The Morgan fingerprint density at radius 3 is 2.74 bits per heavy atom. The molecule has 1 amide bonds. The average Bonchev–Trinajstić information content (AvgIpc) is 2.49. The normalized spacial score (nSPS) is 21.6. The Kier molecular flexibility index (Phi) is 5.17. The third kappa shape index (κ3) is 3.85. The molecule has 0 spiro atoms. The van der Waals surface area contributed by atoms with Crippen LogP contribution in [0.5, 0.6) is 0 Å². The highest BCUT2D eigenvalue weighted by atomic mass is 16.6. The van der Waals surface area contributed by atoms with Crippen LogP contribution in [0.15, 0.2) is 16.4 Å². The van der Waals surface area contributed by atoms with Crippen molar-refractivity contribution < 1.29 is 14.6 Å². The van der Waals surface area contributed by atoms with Gasteiger partial charge in [0.2, 0.25) is 5.71 Å². The van der Waals surface area contributed by atoms with E-state index in [0.29, 0.717) is 25.0 Å². The summed E-state index contributed by atoms with van der Waals surface area (Å²) in [5.74, 6) is -1.03. The summed E-state index contributed by atoms with van der Waals surface area (Å²) in [7, 11) is 1.97. The first kappa shape index (κ1) is 15.3. The molecular formula is C12H21N4O3+. The lowest BCUT2D eigenvalue weighted by Crippen LogP contribution is -3.08. The van der Waals surface area contributed by atoms with Crippen molar-refractivity contribution in [3.05, 3.63) is 21.5 Å². The number of hydrogen-bond donors (Lipinski definition) is 2. The van der Waals surface area contributed by atoms with Crippen molar-refractivity contribution in [1.82, 2.24) is 0 Å². The second-order valence-electron chi connectivity index (χ2n) is 4.97. The van der Waals surface area contributed by atoms with Gasteiger partial charge >= 0.3 is 5.82 Å². The van der Waals surface area contributed by atoms with Crippen molar-refractivity contribution in [1.29, 1.82) is 0 Å². The lowest BCUT2D eigenvalue weighted by Gasteiger charge is -2.13. The van der Waals surface area contributed by atoms with E-state index in [1.165, 1.54) is 4.90 Å². The van der Waals surface area contributed by atoms with E-state index in [0.717, 1.165) is 6.54 Å². The molecule has 1 aliphatic heterocycles. The van der Waals surface area contributed by atoms with Crippen LogP contribution >= 0.6 is 0 Å². The predicted octanol–water partition coefficient (Wildman–Crippen LogP) is -0.634. The van der Waals surface area contributed by atoms with Crippen molar-refractivity contribution in [2.75, 3.05) is 20.1 Å². The molecule has 0 aromatic heterocycles. The van der Waals surface area contributed by atoms with Gasteiger partial charge < -0.3 is 20.7 Å². The molecule has 0 radical (unpaired) electrons. The minimum Gasteiger partial charge on any atom is -0.363 e. The first-order valence-electron chi connectivity index (χ1n) is 6.42. The van der Waals surface area contributed by atoms with Crippen LogP contribution in [0.3, 0.4) is 0 Å². The molecule has 0 aliphatic carbocycles. The standard InChI is InChI=1S/C12H20N4O3/c1-4-15(3)7-9-6-5-8(2)10(11(13)17)14-12(9)16(18)19/h8H,4-7H2,1-3H3,(H2,13,17)/p+1. The van der Waals surface area contributed by atoms with E-state index < -0.39 is 10.8 Å². The Morgan fingerprint density at radius 2 is 2.26 bits per heavy atom. The number of carbonyl (C=O) groups excluding carboxylic acids is 1. The lowest BCUT2D eigenvalue weighted by molar-refractivity contribution is -0.872. The number of carbonyl (C=O) groups is 1. The van der Waals surface area contributed by atoms with Crippen LogP contribution in [-0.4, -0.2) is 36.7 Å². The van der Waals surface area contributed by atoms with Crippen molar-refractivity contribution in [2.45, 2.75) is 26.7 Å². The number of quaternary nitrogens is 1. The van der Waals surface area contributed by atoms with Gasteiger partial charge in [-0.2, -0.15) is 0 Å². The molecule has 106 valence electrons.